The zero-order chi connectivity index (χ0) is 25.0. The Morgan fingerprint density at radius 2 is 2.00 bits per heavy atom. The topological polar surface area (TPSA) is 98.4 Å². The number of anilines is 2. The number of nitrogen functional groups attached to an aromatic ring is 1. The number of hydrogen-bond donors (Lipinski definition) is 2. The van der Waals surface area contributed by atoms with Crippen LogP contribution in [0.2, 0.25) is 5.02 Å². The fourth-order valence-electron chi connectivity index (χ4n) is 5.48. The van der Waals surface area contributed by atoms with E-state index >= 15 is 0 Å². The maximum Gasteiger partial charge on any atom is 0.154 e. The second kappa shape index (κ2) is 8.66. The summed E-state index contributed by atoms with van der Waals surface area (Å²) in [5.41, 5.74) is 15.4. The number of terminal acetylenes is 1. The smallest absolute Gasteiger partial charge is 0.154 e. The molecule has 4 aromatic rings. The van der Waals surface area contributed by atoms with Crippen LogP contribution < -0.4 is 16.4 Å². The van der Waals surface area contributed by atoms with Crippen molar-refractivity contribution in [3.8, 4) is 12.3 Å². The molecule has 36 heavy (non-hydrogen) atoms. The molecule has 1 saturated heterocycles. The van der Waals surface area contributed by atoms with Crippen molar-refractivity contribution in [1.82, 2.24) is 19.6 Å². The van der Waals surface area contributed by atoms with E-state index < -0.39 is 0 Å². The first kappa shape index (κ1) is 23.1. The predicted octanol–water partition coefficient (Wildman–Crippen LogP) is 4.47. The highest BCUT2D eigenvalue weighted by Gasteiger charge is 2.47. The third kappa shape index (κ3) is 3.60. The second-order valence-electron chi connectivity index (χ2n) is 9.33. The molecule has 1 aliphatic heterocycles. The van der Waals surface area contributed by atoms with E-state index in [1.807, 2.05) is 22.7 Å². The number of benzene rings is 1. The Morgan fingerprint density at radius 3 is 2.78 bits per heavy atom. The van der Waals surface area contributed by atoms with Gasteiger partial charge in [0.05, 0.1) is 17.4 Å². The number of fused-ring (bicyclic) bond motifs is 2. The molecule has 7 nitrogen and oxygen atoms in total. The number of nitrogens with zero attached hydrogens (tertiary/aromatic N) is 5. The third-order valence-electron chi connectivity index (χ3n) is 7.45. The fraction of sp³-hybridized carbons (Fsp3) is 0.269. The van der Waals surface area contributed by atoms with Crippen LogP contribution in [0.25, 0.3) is 5.52 Å². The van der Waals surface area contributed by atoms with Gasteiger partial charge in [-0.15, -0.1) is 6.42 Å². The van der Waals surface area contributed by atoms with Crippen LogP contribution in [0.4, 0.5) is 16.0 Å². The molecule has 1 fully saturated rings. The van der Waals surface area contributed by atoms with Gasteiger partial charge >= 0.3 is 0 Å². The van der Waals surface area contributed by atoms with Crippen LogP contribution in [0.3, 0.4) is 0 Å². The average molecular weight is 520 g/mol. The summed E-state index contributed by atoms with van der Waals surface area (Å²) < 4.78 is 16.6. The molecule has 0 bridgehead atoms. The Kier molecular flexibility index (Phi) is 5.56. The van der Waals surface area contributed by atoms with Gasteiger partial charge in [-0.25, -0.2) is 18.9 Å². The molecule has 4 N–H and O–H groups in total. The van der Waals surface area contributed by atoms with Gasteiger partial charge in [0.1, 0.15) is 22.2 Å². The normalized spacial score (nSPS) is 18.5. The van der Waals surface area contributed by atoms with E-state index in [1.54, 1.807) is 18.6 Å². The van der Waals surface area contributed by atoms with Crippen LogP contribution >= 0.6 is 23.4 Å². The fourth-order valence-corrected chi connectivity index (χ4v) is 6.59. The molecular formula is C26H23ClFN7S. The van der Waals surface area contributed by atoms with Crippen molar-refractivity contribution in [2.75, 3.05) is 23.7 Å². The first-order valence-electron chi connectivity index (χ1n) is 11.6. The zero-order valence-electron chi connectivity index (χ0n) is 19.3. The number of aromatic nitrogens is 4. The first-order chi connectivity index (χ1) is 17.4. The Morgan fingerprint density at radius 1 is 1.19 bits per heavy atom. The zero-order valence-corrected chi connectivity index (χ0v) is 20.9. The van der Waals surface area contributed by atoms with Gasteiger partial charge in [-0.3, -0.25) is 0 Å². The quantitative estimate of drug-likeness (QED) is 0.385. The van der Waals surface area contributed by atoms with E-state index in [1.165, 1.54) is 17.8 Å². The number of piperidine rings is 1. The maximum atomic E-state index is 14.8. The van der Waals surface area contributed by atoms with E-state index in [-0.39, 0.29) is 23.1 Å². The molecule has 1 atom stereocenters. The minimum absolute atomic E-state index is 0.183. The number of rotatable bonds is 3. The minimum atomic E-state index is -0.248. The van der Waals surface area contributed by atoms with Gasteiger partial charge in [-0.1, -0.05) is 29.3 Å². The highest BCUT2D eigenvalue weighted by Crippen LogP contribution is 2.52. The maximum absolute atomic E-state index is 14.8. The van der Waals surface area contributed by atoms with E-state index in [2.05, 4.69) is 20.9 Å². The Balaban J connectivity index is 1.25. The molecule has 0 saturated carbocycles. The van der Waals surface area contributed by atoms with Gasteiger partial charge in [0, 0.05) is 35.8 Å². The molecule has 10 heteroatoms. The molecule has 2 aliphatic rings. The molecule has 1 aliphatic carbocycles. The van der Waals surface area contributed by atoms with Crippen molar-refractivity contribution in [3.63, 3.8) is 0 Å². The van der Waals surface area contributed by atoms with Crippen LogP contribution in [0.15, 0.2) is 52.8 Å². The number of nitrogens with two attached hydrogens (primary N) is 2. The van der Waals surface area contributed by atoms with Crippen molar-refractivity contribution in [2.45, 2.75) is 35.2 Å². The summed E-state index contributed by atoms with van der Waals surface area (Å²) in [4.78, 5) is 11.9. The standard InChI is InChI=1S/C26H23ClFN7S/c1-2-15-11-16-17(18(28)12-15)13-26(23(16)29)5-9-34(10-6-26)25-19-3-8-33-35(19)21(14-32-25)36-20-4-7-31-24(30)22(20)27/h1,3-4,7-8,11-12,14,23H,5-6,9-10,13,29H2,(H2,30,31)/t23-/m1/s1. The van der Waals surface area contributed by atoms with Gasteiger partial charge < -0.3 is 16.4 Å². The molecule has 0 unspecified atom stereocenters. The van der Waals surface area contributed by atoms with Gasteiger partial charge in [0.15, 0.2) is 5.82 Å². The lowest BCUT2D eigenvalue weighted by atomic mass is 9.73. The lowest BCUT2D eigenvalue weighted by Gasteiger charge is -2.42. The Hall–Kier alpha value is -3.32. The van der Waals surface area contributed by atoms with E-state index in [4.69, 9.17) is 34.5 Å². The van der Waals surface area contributed by atoms with Crippen molar-refractivity contribution in [2.24, 2.45) is 11.1 Å². The molecule has 6 rings (SSSR count). The van der Waals surface area contributed by atoms with Crippen LogP contribution in [0.1, 0.15) is 35.6 Å². The van der Waals surface area contributed by atoms with Gasteiger partial charge in [-0.05, 0) is 60.1 Å². The highest BCUT2D eigenvalue weighted by atomic mass is 35.5. The molecule has 182 valence electrons. The molecule has 0 radical (unpaired) electrons. The van der Waals surface area contributed by atoms with Crippen molar-refractivity contribution < 1.29 is 4.39 Å². The van der Waals surface area contributed by atoms with Crippen molar-refractivity contribution >= 4 is 40.5 Å². The molecule has 3 aromatic heterocycles. The van der Waals surface area contributed by atoms with Crippen molar-refractivity contribution in [3.05, 3.63) is 70.4 Å². The molecular weight excluding hydrogens is 497 g/mol. The summed E-state index contributed by atoms with van der Waals surface area (Å²) in [5, 5.41) is 5.74. The van der Waals surface area contributed by atoms with Crippen LogP contribution in [-0.2, 0) is 6.42 Å². The lowest BCUT2D eigenvalue weighted by molar-refractivity contribution is 0.186. The number of pyridine rings is 1. The summed E-state index contributed by atoms with van der Waals surface area (Å²) in [6, 6.07) is 6.84. The predicted molar refractivity (Wildman–Crippen MR) is 140 cm³/mol. The highest BCUT2D eigenvalue weighted by molar-refractivity contribution is 7.99. The summed E-state index contributed by atoms with van der Waals surface area (Å²) in [5.74, 6) is 3.43. The van der Waals surface area contributed by atoms with Crippen molar-refractivity contribution in [1.29, 1.82) is 0 Å². The number of hydrogen-bond acceptors (Lipinski definition) is 7. The molecule has 4 heterocycles. The van der Waals surface area contributed by atoms with Gasteiger partial charge in [0.25, 0.3) is 0 Å². The monoisotopic (exact) mass is 519 g/mol. The van der Waals surface area contributed by atoms with Crippen LogP contribution in [-0.4, -0.2) is 32.7 Å². The third-order valence-corrected chi connectivity index (χ3v) is 9.01. The van der Waals surface area contributed by atoms with E-state index in [9.17, 15) is 4.39 Å². The molecule has 1 spiro atoms. The van der Waals surface area contributed by atoms with E-state index in [0.29, 0.717) is 22.6 Å². The second-order valence-corrected chi connectivity index (χ2v) is 10.8. The summed E-state index contributed by atoms with van der Waals surface area (Å²) in [6.45, 7) is 1.52. The summed E-state index contributed by atoms with van der Waals surface area (Å²) >= 11 is 7.77. The first-order valence-corrected chi connectivity index (χ1v) is 12.8. The summed E-state index contributed by atoms with van der Waals surface area (Å²) in [6.07, 6.45) is 13.0. The molecule has 1 aromatic carbocycles. The van der Waals surface area contributed by atoms with Crippen LogP contribution in [0, 0.1) is 23.6 Å². The lowest BCUT2D eigenvalue weighted by Crippen LogP contribution is -2.44. The van der Waals surface area contributed by atoms with E-state index in [0.717, 1.165) is 52.8 Å². The molecule has 0 amide bonds. The number of halogens is 2. The summed E-state index contributed by atoms with van der Waals surface area (Å²) in [7, 11) is 0. The largest absolute Gasteiger partial charge is 0.382 e. The average Bonchev–Trinajstić information content (AvgIpc) is 3.48. The van der Waals surface area contributed by atoms with Gasteiger partial charge in [0.2, 0.25) is 0 Å². The SMILES string of the molecule is C#Cc1cc(F)c2c(c1)[C@@H](N)C1(CCN(c3ncc(Sc4ccnc(N)c4Cl)n4nccc34)CC1)C2. The Labute approximate surface area is 217 Å². The minimum Gasteiger partial charge on any atom is -0.382 e. The van der Waals surface area contributed by atoms with Gasteiger partial charge in [-0.2, -0.15) is 5.10 Å². The van der Waals surface area contributed by atoms with Crippen LogP contribution in [0.5, 0.6) is 0 Å². The Bertz CT molecular complexity index is 1540.